The Hall–Kier alpha value is -2.57. The van der Waals surface area contributed by atoms with E-state index in [1.54, 1.807) is 0 Å². The monoisotopic (exact) mass is 314 g/mol. The summed E-state index contributed by atoms with van der Waals surface area (Å²) in [6, 6.07) is 5.81. The van der Waals surface area contributed by atoms with Gasteiger partial charge >= 0.3 is 0 Å². The van der Waals surface area contributed by atoms with Gasteiger partial charge in [0, 0.05) is 23.7 Å². The van der Waals surface area contributed by atoms with Crippen LogP contribution in [0.15, 0.2) is 28.2 Å². The number of carbonyl (C=O) groups is 1. The molecule has 0 atom stereocenters. The molecule has 1 saturated carbocycles. The van der Waals surface area contributed by atoms with Crippen LogP contribution in [-0.4, -0.2) is 28.8 Å². The minimum Gasteiger partial charge on any atom is -0.370 e. The van der Waals surface area contributed by atoms with Crippen LogP contribution in [-0.2, 0) is 6.54 Å². The lowest BCUT2D eigenvalue weighted by molar-refractivity contribution is 0.0660. The fourth-order valence-electron chi connectivity index (χ4n) is 3.41. The number of amides is 1. The molecule has 0 spiro atoms. The highest BCUT2D eigenvalue weighted by Gasteiger charge is 2.34. The molecule has 1 aromatic carbocycles. The molecule has 0 radical (unpaired) electrons. The lowest BCUT2D eigenvalue weighted by Crippen LogP contribution is -2.36. The first-order valence-electron chi connectivity index (χ1n) is 7.93. The van der Waals surface area contributed by atoms with Gasteiger partial charge < -0.3 is 22.1 Å². The fourth-order valence-corrected chi connectivity index (χ4v) is 3.41. The van der Waals surface area contributed by atoms with Gasteiger partial charge in [-0.25, -0.2) is 4.99 Å². The molecule has 1 aromatic rings. The van der Waals surface area contributed by atoms with Crippen molar-refractivity contribution >= 4 is 23.5 Å². The fraction of sp³-hybridized carbons (Fsp3) is 0.438. The maximum atomic E-state index is 12.7. The van der Waals surface area contributed by atoms with Gasteiger partial charge in [0.1, 0.15) is 0 Å². The Morgan fingerprint density at radius 3 is 2.57 bits per heavy atom. The summed E-state index contributed by atoms with van der Waals surface area (Å²) in [7, 11) is 0. The smallest absolute Gasteiger partial charge is 0.254 e. The van der Waals surface area contributed by atoms with Crippen LogP contribution in [0.1, 0.15) is 48.0 Å². The van der Waals surface area contributed by atoms with E-state index in [-0.39, 0.29) is 17.8 Å². The first kappa shape index (κ1) is 15.3. The van der Waals surface area contributed by atoms with Gasteiger partial charge in [-0.1, -0.05) is 25.3 Å². The number of nitrogens with zero attached hydrogens (tertiary/aromatic N) is 3. The number of guanidine groups is 2. The maximum Gasteiger partial charge on any atom is 0.254 e. The van der Waals surface area contributed by atoms with Crippen molar-refractivity contribution in [2.24, 2.45) is 27.2 Å². The van der Waals surface area contributed by atoms with Crippen LogP contribution in [0.4, 0.5) is 5.69 Å². The highest BCUT2D eigenvalue weighted by atomic mass is 16.2. The van der Waals surface area contributed by atoms with Crippen LogP contribution in [0.3, 0.4) is 0 Å². The summed E-state index contributed by atoms with van der Waals surface area (Å²) < 4.78 is 0. The van der Waals surface area contributed by atoms with E-state index >= 15 is 0 Å². The first-order valence-corrected chi connectivity index (χ1v) is 7.93. The van der Waals surface area contributed by atoms with Gasteiger partial charge in [0.05, 0.1) is 5.69 Å². The van der Waals surface area contributed by atoms with Crippen molar-refractivity contribution in [2.45, 2.75) is 44.7 Å². The summed E-state index contributed by atoms with van der Waals surface area (Å²) in [5.74, 6) is -0.0648. The van der Waals surface area contributed by atoms with E-state index in [2.05, 4.69) is 9.98 Å². The minimum atomic E-state index is -0.140. The van der Waals surface area contributed by atoms with E-state index in [4.69, 9.17) is 17.2 Å². The van der Waals surface area contributed by atoms with Crippen LogP contribution >= 0.6 is 0 Å². The number of nitrogens with two attached hydrogens (primary N) is 3. The molecule has 1 aliphatic heterocycles. The molecule has 0 unspecified atom stereocenters. The normalized spacial score (nSPS) is 18.9. The second-order valence-corrected chi connectivity index (χ2v) is 6.03. The number of aliphatic imine (C=N–C) groups is 2. The Morgan fingerprint density at radius 1 is 1.13 bits per heavy atom. The topological polar surface area (TPSA) is 123 Å². The SMILES string of the molecule is NC(N)=NC(N)=Nc1cccc2c1CN(C1CCCCC1)C2=O. The molecule has 7 nitrogen and oxygen atoms in total. The largest absolute Gasteiger partial charge is 0.370 e. The van der Waals surface area contributed by atoms with Crippen molar-refractivity contribution in [2.75, 3.05) is 0 Å². The van der Waals surface area contributed by atoms with Crippen LogP contribution < -0.4 is 17.2 Å². The van der Waals surface area contributed by atoms with Crippen molar-refractivity contribution in [3.05, 3.63) is 29.3 Å². The molecule has 3 rings (SSSR count). The maximum absolute atomic E-state index is 12.7. The van der Waals surface area contributed by atoms with Crippen molar-refractivity contribution in [1.82, 2.24) is 4.90 Å². The molecule has 0 aromatic heterocycles. The molecule has 1 heterocycles. The van der Waals surface area contributed by atoms with E-state index in [1.807, 2.05) is 23.1 Å². The third kappa shape index (κ3) is 3.13. The number of hydrogen-bond acceptors (Lipinski definition) is 2. The molecule has 7 heteroatoms. The lowest BCUT2D eigenvalue weighted by atomic mass is 9.94. The van der Waals surface area contributed by atoms with Crippen molar-refractivity contribution in [1.29, 1.82) is 0 Å². The molecule has 0 bridgehead atoms. The van der Waals surface area contributed by atoms with Crippen molar-refractivity contribution < 1.29 is 4.79 Å². The standard InChI is InChI=1S/C16H22N6O/c17-15(18)21-16(19)20-13-8-4-7-11-12(13)9-22(14(11)23)10-5-2-1-3-6-10/h4,7-8,10H,1-3,5-6,9H2,(H6,17,18,19,20,21). The van der Waals surface area contributed by atoms with Gasteiger partial charge in [-0.15, -0.1) is 0 Å². The number of hydrogen-bond donors (Lipinski definition) is 3. The highest BCUT2D eigenvalue weighted by molar-refractivity contribution is 6.01. The molecule has 1 aliphatic carbocycles. The van der Waals surface area contributed by atoms with E-state index in [1.165, 1.54) is 19.3 Å². The molecule has 122 valence electrons. The van der Waals surface area contributed by atoms with Gasteiger partial charge in [0.15, 0.2) is 5.96 Å². The molecule has 6 N–H and O–H groups in total. The predicted molar refractivity (Wildman–Crippen MR) is 90.3 cm³/mol. The summed E-state index contributed by atoms with van der Waals surface area (Å²) in [4.78, 5) is 22.6. The Labute approximate surface area is 135 Å². The zero-order valence-corrected chi connectivity index (χ0v) is 13.0. The first-order chi connectivity index (χ1) is 11.1. The number of fused-ring (bicyclic) bond motifs is 1. The second kappa shape index (κ2) is 6.28. The van der Waals surface area contributed by atoms with Gasteiger partial charge in [-0.05, 0) is 25.0 Å². The van der Waals surface area contributed by atoms with Gasteiger partial charge in [0.2, 0.25) is 5.96 Å². The third-order valence-electron chi connectivity index (χ3n) is 4.47. The Balaban J connectivity index is 1.89. The minimum absolute atomic E-state index is 0.0121. The number of benzene rings is 1. The van der Waals surface area contributed by atoms with E-state index in [0.717, 1.165) is 18.4 Å². The van der Waals surface area contributed by atoms with Gasteiger partial charge in [-0.2, -0.15) is 4.99 Å². The van der Waals surface area contributed by atoms with Crippen molar-refractivity contribution in [3.63, 3.8) is 0 Å². The molecule has 23 heavy (non-hydrogen) atoms. The van der Waals surface area contributed by atoms with E-state index in [9.17, 15) is 4.79 Å². The molecule has 0 saturated heterocycles. The quantitative estimate of drug-likeness (QED) is 0.560. The Morgan fingerprint density at radius 2 is 1.87 bits per heavy atom. The highest BCUT2D eigenvalue weighted by Crippen LogP contribution is 2.35. The Kier molecular flexibility index (Phi) is 4.18. The Bertz CT molecular complexity index is 671. The van der Waals surface area contributed by atoms with E-state index < -0.39 is 0 Å². The summed E-state index contributed by atoms with van der Waals surface area (Å²) >= 11 is 0. The molecular formula is C16H22N6O. The zero-order valence-electron chi connectivity index (χ0n) is 13.0. The molecule has 2 aliphatic rings. The summed E-state index contributed by atoms with van der Waals surface area (Å²) in [6.45, 7) is 0.577. The molecule has 1 amide bonds. The number of rotatable bonds is 2. The summed E-state index contributed by atoms with van der Waals surface area (Å²) in [6.07, 6.45) is 5.79. The van der Waals surface area contributed by atoms with Gasteiger partial charge in [0.25, 0.3) is 5.91 Å². The average molecular weight is 314 g/mol. The zero-order chi connectivity index (χ0) is 16.4. The third-order valence-corrected chi connectivity index (χ3v) is 4.47. The average Bonchev–Trinajstić information content (AvgIpc) is 2.86. The van der Waals surface area contributed by atoms with Gasteiger partial charge in [-0.3, -0.25) is 4.79 Å². The molecule has 1 fully saturated rings. The van der Waals surface area contributed by atoms with Crippen molar-refractivity contribution in [3.8, 4) is 0 Å². The van der Waals surface area contributed by atoms with E-state index in [0.29, 0.717) is 23.8 Å². The number of carbonyl (C=O) groups excluding carboxylic acids is 1. The summed E-state index contributed by atoms with van der Waals surface area (Å²) in [5.41, 5.74) is 18.6. The summed E-state index contributed by atoms with van der Waals surface area (Å²) in [5, 5.41) is 0. The molecular weight excluding hydrogens is 292 g/mol. The van der Waals surface area contributed by atoms with Crippen LogP contribution in [0, 0.1) is 0 Å². The van der Waals surface area contributed by atoms with Crippen LogP contribution in [0.5, 0.6) is 0 Å². The lowest BCUT2D eigenvalue weighted by Gasteiger charge is -2.30. The predicted octanol–water partition coefficient (Wildman–Crippen LogP) is 1.19. The second-order valence-electron chi connectivity index (χ2n) is 6.03. The van der Waals surface area contributed by atoms with Crippen LogP contribution in [0.25, 0.3) is 0 Å². The van der Waals surface area contributed by atoms with Crippen LogP contribution in [0.2, 0.25) is 0 Å².